The molecule has 5 fully saturated rings. The van der Waals surface area contributed by atoms with E-state index in [0.29, 0.717) is 11.8 Å². The van der Waals surface area contributed by atoms with Gasteiger partial charge in [0.25, 0.3) is 0 Å². The molecule has 0 aromatic rings. The molecular weight excluding hydrogens is 312 g/mol. The first-order valence-corrected chi connectivity index (χ1v) is 9.19. The number of hydrogen-bond acceptors (Lipinski definition) is 7. The van der Waals surface area contributed by atoms with Gasteiger partial charge in [-0.2, -0.15) is 0 Å². The number of fused-ring (bicyclic) bond motifs is 1. The van der Waals surface area contributed by atoms with Gasteiger partial charge >= 0.3 is 0 Å². The summed E-state index contributed by atoms with van der Waals surface area (Å²) in [5, 5.41) is 19.9. The quantitative estimate of drug-likeness (QED) is 0.686. The van der Waals surface area contributed by atoms with Crippen LogP contribution < -0.4 is 0 Å². The van der Waals surface area contributed by atoms with Crippen LogP contribution >= 0.6 is 0 Å². The molecule has 5 rings (SSSR count). The van der Waals surface area contributed by atoms with Gasteiger partial charge in [-0.15, -0.1) is 0 Å². The van der Waals surface area contributed by atoms with Crippen molar-refractivity contribution in [1.82, 2.24) is 9.80 Å². The Hall–Kier alpha value is -0.280. The molecule has 2 N–H and O–H groups in total. The SMILES string of the molecule is COC1OC2OC3(CN4CCN(CCO)CC4)C1C(C[C@H]3O)C2C. The van der Waals surface area contributed by atoms with Crippen molar-refractivity contribution in [2.45, 2.75) is 37.6 Å². The number of rotatable bonds is 5. The average molecular weight is 342 g/mol. The van der Waals surface area contributed by atoms with E-state index in [1.165, 1.54) is 0 Å². The molecule has 138 valence electrons. The van der Waals surface area contributed by atoms with Crippen LogP contribution in [0.5, 0.6) is 0 Å². The highest BCUT2D eigenvalue weighted by Gasteiger charge is 2.69. The maximum atomic E-state index is 10.9. The van der Waals surface area contributed by atoms with Crippen LogP contribution in [-0.4, -0.2) is 97.3 Å². The molecule has 0 aromatic carbocycles. The Balaban J connectivity index is 1.49. The van der Waals surface area contributed by atoms with Crippen molar-refractivity contribution in [3.63, 3.8) is 0 Å². The summed E-state index contributed by atoms with van der Waals surface area (Å²) in [5.74, 6) is 0.786. The molecule has 7 nitrogen and oxygen atoms in total. The van der Waals surface area contributed by atoms with E-state index in [1.807, 2.05) is 0 Å². The monoisotopic (exact) mass is 342 g/mol. The van der Waals surface area contributed by atoms with Gasteiger partial charge in [0.15, 0.2) is 12.6 Å². The smallest absolute Gasteiger partial charge is 0.166 e. The van der Waals surface area contributed by atoms with Crippen LogP contribution in [0.15, 0.2) is 0 Å². The van der Waals surface area contributed by atoms with Gasteiger partial charge in [-0.25, -0.2) is 0 Å². The Morgan fingerprint density at radius 1 is 1.21 bits per heavy atom. The van der Waals surface area contributed by atoms with Gasteiger partial charge in [0.05, 0.1) is 12.7 Å². The highest BCUT2D eigenvalue weighted by Crippen LogP contribution is 2.58. The van der Waals surface area contributed by atoms with Crippen molar-refractivity contribution in [2.75, 3.05) is 53.0 Å². The highest BCUT2D eigenvalue weighted by atomic mass is 16.8. The fourth-order valence-electron chi connectivity index (χ4n) is 5.33. The van der Waals surface area contributed by atoms with E-state index in [9.17, 15) is 5.11 Å². The van der Waals surface area contributed by atoms with Crippen molar-refractivity contribution in [1.29, 1.82) is 0 Å². The minimum Gasteiger partial charge on any atom is -0.395 e. The summed E-state index contributed by atoms with van der Waals surface area (Å²) in [6.45, 7) is 7.61. The van der Waals surface area contributed by atoms with Gasteiger partial charge < -0.3 is 24.4 Å². The number of β-amino-alcohol motifs (C(OH)–C–C–N with tert-alkyl or cyclic N) is 1. The minimum absolute atomic E-state index is 0.0907. The Kier molecular flexibility index (Phi) is 4.62. The number of aliphatic hydroxyl groups is 2. The first-order valence-electron chi connectivity index (χ1n) is 9.19. The van der Waals surface area contributed by atoms with Gasteiger partial charge in [-0.05, 0) is 12.3 Å². The van der Waals surface area contributed by atoms with Crippen LogP contribution in [0.25, 0.3) is 0 Å². The van der Waals surface area contributed by atoms with E-state index < -0.39 is 11.7 Å². The number of hydrogen-bond donors (Lipinski definition) is 2. The predicted octanol–water partition coefficient (Wildman–Crippen LogP) is -0.673. The third-order valence-electron chi connectivity index (χ3n) is 6.67. The summed E-state index contributed by atoms with van der Waals surface area (Å²) in [5.41, 5.74) is -0.570. The normalized spacial score (nSPS) is 49.0. The third kappa shape index (κ3) is 2.53. The predicted molar refractivity (Wildman–Crippen MR) is 86.2 cm³/mol. The van der Waals surface area contributed by atoms with E-state index >= 15 is 0 Å². The van der Waals surface area contributed by atoms with Crippen molar-refractivity contribution in [3.05, 3.63) is 0 Å². The second-order valence-electron chi connectivity index (χ2n) is 7.82. The second kappa shape index (κ2) is 6.46. The van der Waals surface area contributed by atoms with E-state index in [1.54, 1.807) is 7.11 Å². The molecule has 0 radical (unpaired) electrons. The molecular formula is C17H30N2O5. The fraction of sp³-hybridized carbons (Fsp3) is 1.00. The van der Waals surface area contributed by atoms with Gasteiger partial charge in [0.2, 0.25) is 0 Å². The topological polar surface area (TPSA) is 74.6 Å². The zero-order valence-electron chi connectivity index (χ0n) is 14.6. The fourth-order valence-corrected chi connectivity index (χ4v) is 5.33. The van der Waals surface area contributed by atoms with Crippen LogP contribution in [0.1, 0.15) is 13.3 Å². The molecule has 24 heavy (non-hydrogen) atoms. The Morgan fingerprint density at radius 2 is 1.92 bits per heavy atom. The molecule has 4 aliphatic heterocycles. The molecule has 0 amide bonds. The maximum Gasteiger partial charge on any atom is 0.166 e. The summed E-state index contributed by atoms with van der Waals surface area (Å²) in [4.78, 5) is 4.66. The molecule has 4 bridgehead atoms. The van der Waals surface area contributed by atoms with Crippen LogP contribution in [0.3, 0.4) is 0 Å². The summed E-state index contributed by atoms with van der Waals surface area (Å²) < 4.78 is 17.9. The molecule has 5 aliphatic rings. The van der Waals surface area contributed by atoms with Crippen molar-refractivity contribution in [3.8, 4) is 0 Å². The first kappa shape index (κ1) is 17.1. The molecule has 7 heteroatoms. The third-order valence-corrected chi connectivity index (χ3v) is 6.67. The lowest BCUT2D eigenvalue weighted by molar-refractivity contribution is -0.410. The molecule has 1 saturated carbocycles. The number of aliphatic hydroxyl groups excluding tert-OH is 2. The standard InChI is InChI=1S/C17H30N2O5/c1-11-12-9-13(21)17(14(12)16(22-2)23-15(11)24-17)10-19-5-3-18(4-6-19)7-8-20/h11-16,20-21H,3-10H2,1-2H3/t11?,12?,13-,14?,15?,16?,17?/m1/s1. The number of methoxy groups -OCH3 is 1. The average Bonchev–Trinajstić information content (AvgIpc) is 2.83. The largest absolute Gasteiger partial charge is 0.395 e. The Labute approximate surface area is 143 Å². The number of piperazine rings is 1. The van der Waals surface area contributed by atoms with Crippen molar-refractivity contribution in [2.24, 2.45) is 17.8 Å². The van der Waals surface area contributed by atoms with Gasteiger partial charge in [-0.3, -0.25) is 9.80 Å². The second-order valence-corrected chi connectivity index (χ2v) is 7.82. The van der Waals surface area contributed by atoms with Gasteiger partial charge in [0.1, 0.15) is 5.60 Å². The van der Waals surface area contributed by atoms with Crippen LogP contribution in [0, 0.1) is 17.8 Å². The highest BCUT2D eigenvalue weighted by molar-refractivity contribution is 5.14. The lowest BCUT2D eigenvalue weighted by atomic mass is 9.73. The van der Waals surface area contributed by atoms with Crippen LogP contribution in [0.4, 0.5) is 0 Å². The van der Waals surface area contributed by atoms with Crippen LogP contribution in [0.2, 0.25) is 0 Å². The molecule has 1 aliphatic carbocycles. The van der Waals surface area contributed by atoms with Crippen molar-refractivity contribution < 1.29 is 24.4 Å². The maximum absolute atomic E-state index is 10.9. The number of nitrogens with zero attached hydrogens (tertiary/aromatic N) is 2. The summed E-state index contributed by atoms with van der Waals surface area (Å²) >= 11 is 0. The van der Waals surface area contributed by atoms with Crippen LogP contribution in [-0.2, 0) is 14.2 Å². The minimum atomic E-state index is -0.570. The van der Waals surface area contributed by atoms with Crippen molar-refractivity contribution >= 4 is 0 Å². The van der Waals surface area contributed by atoms with E-state index in [-0.39, 0.29) is 25.1 Å². The zero-order chi connectivity index (χ0) is 16.9. The Morgan fingerprint density at radius 3 is 2.58 bits per heavy atom. The molecule has 6 unspecified atom stereocenters. The van der Waals surface area contributed by atoms with E-state index in [4.69, 9.17) is 19.3 Å². The lowest BCUT2D eigenvalue weighted by Gasteiger charge is -2.56. The summed E-state index contributed by atoms with van der Waals surface area (Å²) in [6, 6.07) is 0. The summed E-state index contributed by atoms with van der Waals surface area (Å²) in [6.07, 6.45) is -0.247. The zero-order valence-corrected chi connectivity index (χ0v) is 14.6. The summed E-state index contributed by atoms with van der Waals surface area (Å²) in [7, 11) is 1.68. The molecule has 0 spiro atoms. The molecule has 4 saturated heterocycles. The molecule has 0 aromatic heterocycles. The van der Waals surface area contributed by atoms with Gasteiger partial charge in [0, 0.05) is 58.2 Å². The van der Waals surface area contributed by atoms with E-state index in [0.717, 1.165) is 45.7 Å². The lowest BCUT2D eigenvalue weighted by Crippen LogP contribution is -2.68. The van der Waals surface area contributed by atoms with E-state index in [2.05, 4.69) is 16.7 Å². The number of ether oxygens (including phenoxy) is 3. The molecule has 4 heterocycles. The molecule has 7 atom stereocenters. The van der Waals surface area contributed by atoms with Gasteiger partial charge in [-0.1, -0.05) is 6.92 Å². The first-order chi connectivity index (χ1) is 11.6. The Bertz CT molecular complexity index is 458.